The van der Waals surface area contributed by atoms with Crippen LogP contribution in [-0.2, 0) is 16.1 Å². The number of piperazine rings is 1. The highest BCUT2D eigenvalue weighted by molar-refractivity contribution is 6.40. The predicted molar refractivity (Wildman–Crippen MR) is 157 cm³/mol. The standard InChI is InChI=1S/C29H28Cl2N6O3/c30-21-13-20(32)14-22(31)27(21)34-24(38)16-37-12-11-36(15-23(37)29(33)39)17-25-35-26(18-7-3-1-4-8-18)28(40-25)19-9-5-2-6-10-19/h1-10,13-14,23H,11-12,15-17,32H2,(H2,33,39)(H,34,38)/t23-/m0/s1. The number of nitrogen functional groups attached to an aromatic ring is 1. The van der Waals surface area contributed by atoms with Crippen LogP contribution < -0.4 is 16.8 Å². The van der Waals surface area contributed by atoms with Crippen LogP contribution in [0.15, 0.2) is 77.2 Å². The van der Waals surface area contributed by atoms with Gasteiger partial charge >= 0.3 is 0 Å². The molecule has 0 aliphatic carbocycles. The molecule has 1 aromatic heterocycles. The molecule has 1 fully saturated rings. The summed E-state index contributed by atoms with van der Waals surface area (Å²) in [5, 5.41) is 3.17. The van der Waals surface area contributed by atoms with Crippen molar-refractivity contribution in [2.45, 2.75) is 12.6 Å². The molecule has 40 heavy (non-hydrogen) atoms. The lowest BCUT2D eigenvalue weighted by Gasteiger charge is -2.39. The van der Waals surface area contributed by atoms with Crippen LogP contribution in [0.4, 0.5) is 11.4 Å². The van der Waals surface area contributed by atoms with Crippen molar-refractivity contribution in [2.24, 2.45) is 5.73 Å². The minimum Gasteiger partial charge on any atom is -0.439 e. The van der Waals surface area contributed by atoms with E-state index in [-0.39, 0.29) is 28.2 Å². The third-order valence-corrected chi connectivity index (χ3v) is 7.29. The van der Waals surface area contributed by atoms with E-state index in [0.29, 0.717) is 43.5 Å². The number of benzene rings is 3. The summed E-state index contributed by atoms with van der Waals surface area (Å²) in [6, 6.07) is 22.0. The van der Waals surface area contributed by atoms with Gasteiger partial charge in [-0.3, -0.25) is 19.4 Å². The van der Waals surface area contributed by atoms with E-state index < -0.39 is 11.9 Å². The normalized spacial score (nSPS) is 16.1. The highest BCUT2D eigenvalue weighted by Gasteiger charge is 2.33. The van der Waals surface area contributed by atoms with Crippen molar-refractivity contribution in [3.63, 3.8) is 0 Å². The molecule has 0 spiro atoms. The molecule has 9 nitrogen and oxygen atoms in total. The van der Waals surface area contributed by atoms with Crippen molar-refractivity contribution in [3.05, 3.63) is 88.7 Å². The highest BCUT2D eigenvalue weighted by atomic mass is 35.5. The van der Waals surface area contributed by atoms with E-state index in [9.17, 15) is 9.59 Å². The van der Waals surface area contributed by atoms with E-state index in [1.54, 1.807) is 4.90 Å². The number of carbonyl (C=O) groups excluding carboxylic acids is 2. The smallest absolute Gasteiger partial charge is 0.238 e. The summed E-state index contributed by atoms with van der Waals surface area (Å²) in [4.78, 5) is 33.8. The minimum absolute atomic E-state index is 0.0617. The Hall–Kier alpha value is -3.89. The molecule has 0 unspecified atom stereocenters. The van der Waals surface area contributed by atoms with Crippen molar-refractivity contribution in [1.29, 1.82) is 0 Å². The van der Waals surface area contributed by atoms with E-state index in [4.69, 9.17) is 44.1 Å². The fraction of sp³-hybridized carbons (Fsp3) is 0.207. The van der Waals surface area contributed by atoms with Gasteiger partial charge in [-0.05, 0) is 12.1 Å². The zero-order valence-corrected chi connectivity index (χ0v) is 23.0. The van der Waals surface area contributed by atoms with Crippen molar-refractivity contribution >= 4 is 46.4 Å². The molecule has 3 aromatic carbocycles. The van der Waals surface area contributed by atoms with Crippen LogP contribution >= 0.6 is 23.2 Å². The van der Waals surface area contributed by atoms with Gasteiger partial charge < -0.3 is 21.2 Å². The van der Waals surface area contributed by atoms with Crippen LogP contribution in [0.2, 0.25) is 10.0 Å². The van der Waals surface area contributed by atoms with Gasteiger partial charge in [-0.2, -0.15) is 0 Å². The number of rotatable bonds is 8. The van der Waals surface area contributed by atoms with Crippen LogP contribution in [0, 0.1) is 0 Å². The number of nitrogens with one attached hydrogen (secondary N) is 1. The lowest BCUT2D eigenvalue weighted by molar-refractivity contribution is -0.128. The summed E-state index contributed by atoms with van der Waals surface area (Å²) in [5.41, 5.74) is 14.8. The first-order chi connectivity index (χ1) is 19.3. The van der Waals surface area contributed by atoms with Crippen molar-refractivity contribution < 1.29 is 14.0 Å². The number of carbonyl (C=O) groups is 2. The van der Waals surface area contributed by atoms with Crippen molar-refractivity contribution in [3.8, 4) is 22.6 Å². The lowest BCUT2D eigenvalue weighted by Crippen LogP contribution is -2.59. The predicted octanol–water partition coefficient (Wildman–Crippen LogP) is 4.51. The number of nitrogens with two attached hydrogens (primary N) is 2. The van der Waals surface area contributed by atoms with Crippen LogP contribution in [0.3, 0.4) is 0 Å². The Morgan fingerprint density at radius 1 is 0.975 bits per heavy atom. The van der Waals surface area contributed by atoms with E-state index in [2.05, 4.69) is 5.32 Å². The first kappa shape index (κ1) is 27.7. The third kappa shape index (κ3) is 6.29. The minimum atomic E-state index is -0.686. The summed E-state index contributed by atoms with van der Waals surface area (Å²) < 4.78 is 6.26. The number of oxazole rings is 1. The molecule has 0 saturated carbocycles. The number of primary amides is 1. The average molecular weight is 579 g/mol. The largest absolute Gasteiger partial charge is 0.439 e. The molecule has 0 radical (unpaired) electrons. The molecule has 2 amide bonds. The van der Waals surface area contributed by atoms with Gasteiger partial charge in [-0.25, -0.2) is 4.98 Å². The molecule has 5 N–H and O–H groups in total. The first-order valence-corrected chi connectivity index (χ1v) is 13.4. The molecule has 2 heterocycles. The zero-order valence-electron chi connectivity index (χ0n) is 21.5. The lowest BCUT2D eigenvalue weighted by atomic mass is 10.1. The number of amides is 2. The number of nitrogens with zero attached hydrogens (tertiary/aromatic N) is 3. The summed E-state index contributed by atoms with van der Waals surface area (Å²) in [6.45, 7) is 1.64. The van der Waals surface area contributed by atoms with Gasteiger partial charge in [0.25, 0.3) is 0 Å². The molecule has 4 aromatic rings. The average Bonchev–Trinajstić information content (AvgIpc) is 3.36. The van der Waals surface area contributed by atoms with Crippen molar-refractivity contribution in [1.82, 2.24) is 14.8 Å². The van der Waals surface area contributed by atoms with Crippen LogP contribution in [0.5, 0.6) is 0 Å². The monoisotopic (exact) mass is 578 g/mol. The molecular formula is C29H28Cl2N6O3. The maximum absolute atomic E-state index is 12.8. The number of hydrogen-bond donors (Lipinski definition) is 3. The second-order valence-corrected chi connectivity index (χ2v) is 10.4. The van der Waals surface area contributed by atoms with Crippen molar-refractivity contribution in [2.75, 3.05) is 37.2 Å². The summed E-state index contributed by atoms with van der Waals surface area (Å²) in [7, 11) is 0. The van der Waals surface area contributed by atoms with E-state index in [1.165, 1.54) is 12.1 Å². The SMILES string of the molecule is NC(=O)[C@@H]1CN(Cc2nc(-c3ccccc3)c(-c3ccccc3)o2)CCN1CC(=O)Nc1c(Cl)cc(N)cc1Cl. The van der Waals surface area contributed by atoms with E-state index in [1.807, 2.05) is 65.6 Å². The Kier molecular flexibility index (Phi) is 8.37. The van der Waals surface area contributed by atoms with E-state index in [0.717, 1.165) is 16.8 Å². The second-order valence-electron chi connectivity index (χ2n) is 9.55. The van der Waals surface area contributed by atoms with Crippen LogP contribution in [-0.4, -0.2) is 58.8 Å². The van der Waals surface area contributed by atoms with Gasteiger partial charge in [-0.15, -0.1) is 0 Å². The Morgan fingerprint density at radius 3 is 2.23 bits per heavy atom. The fourth-order valence-electron chi connectivity index (χ4n) is 4.76. The van der Waals surface area contributed by atoms with Gasteiger partial charge in [0, 0.05) is 36.4 Å². The second kappa shape index (κ2) is 12.1. The maximum Gasteiger partial charge on any atom is 0.238 e. The Balaban J connectivity index is 1.29. The molecule has 1 aliphatic heterocycles. The number of hydrogen-bond acceptors (Lipinski definition) is 7. The molecule has 5 rings (SSSR count). The van der Waals surface area contributed by atoms with Gasteiger partial charge in [0.05, 0.1) is 28.8 Å². The number of halogens is 2. The fourth-order valence-corrected chi connectivity index (χ4v) is 5.35. The van der Waals surface area contributed by atoms with E-state index >= 15 is 0 Å². The molecule has 1 saturated heterocycles. The zero-order chi connectivity index (χ0) is 28.2. The van der Waals surface area contributed by atoms with Crippen LogP contribution in [0.1, 0.15) is 5.89 Å². The Labute approximate surface area is 241 Å². The van der Waals surface area contributed by atoms with Gasteiger partial charge in [0.2, 0.25) is 17.7 Å². The topological polar surface area (TPSA) is 131 Å². The van der Waals surface area contributed by atoms with Gasteiger partial charge in [-0.1, -0.05) is 83.9 Å². The molecular weight excluding hydrogens is 551 g/mol. The first-order valence-electron chi connectivity index (χ1n) is 12.7. The van der Waals surface area contributed by atoms with Crippen LogP contribution in [0.25, 0.3) is 22.6 Å². The number of anilines is 2. The molecule has 11 heteroatoms. The maximum atomic E-state index is 12.8. The van der Waals surface area contributed by atoms with Gasteiger partial charge in [0.1, 0.15) is 11.7 Å². The molecule has 0 bridgehead atoms. The summed E-state index contributed by atoms with van der Waals surface area (Å²) >= 11 is 12.4. The third-order valence-electron chi connectivity index (χ3n) is 6.69. The molecule has 1 aliphatic rings. The summed E-state index contributed by atoms with van der Waals surface area (Å²) in [6.07, 6.45) is 0. The Morgan fingerprint density at radius 2 is 1.60 bits per heavy atom. The van der Waals surface area contributed by atoms with Gasteiger partial charge in [0.15, 0.2) is 5.76 Å². The molecule has 206 valence electrons. The molecule has 1 atom stereocenters. The Bertz CT molecular complexity index is 1430. The quantitative estimate of drug-likeness (QED) is 0.262. The highest BCUT2D eigenvalue weighted by Crippen LogP contribution is 2.34. The number of aromatic nitrogens is 1. The summed E-state index contributed by atoms with van der Waals surface area (Å²) in [5.74, 6) is 0.313.